The third-order valence-electron chi connectivity index (χ3n) is 3.53. The van der Waals surface area contributed by atoms with Crippen LogP contribution in [-0.2, 0) is 6.54 Å². The molecule has 0 radical (unpaired) electrons. The van der Waals surface area contributed by atoms with Gasteiger partial charge in [-0.15, -0.1) is 6.42 Å². The zero-order valence-electron chi connectivity index (χ0n) is 12.4. The lowest BCUT2D eigenvalue weighted by Gasteiger charge is -2.07. The van der Waals surface area contributed by atoms with Gasteiger partial charge in [0.25, 0.3) is 0 Å². The van der Waals surface area contributed by atoms with Gasteiger partial charge >= 0.3 is 0 Å². The summed E-state index contributed by atoms with van der Waals surface area (Å²) in [5.41, 5.74) is 3.82. The summed E-state index contributed by atoms with van der Waals surface area (Å²) in [4.78, 5) is 4.48. The summed E-state index contributed by atoms with van der Waals surface area (Å²) in [7, 11) is 1.66. The fourth-order valence-electron chi connectivity index (χ4n) is 2.39. The minimum atomic E-state index is 0.684. The Balaban J connectivity index is 1.92. The maximum Gasteiger partial charge on any atom is 0.120 e. The van der Waals surface area contributed by atoms with Crippen molar-refractivity contribution in [2.24, 2.45) is 0 Å². The zero-order valence-corrected chi connectivity index (χ0v) is 12.4. The summed E-state index contributed by atoms with van der Waals surface area (Å²) < 4.78 is 7.16. The number of aromatic nitrogens is 2. The smallest absolute Gasteiger partial charge is 0.120 e. The number of nitrogens with zero attached hydrogens (tertiary/aromatic N) is 2. The van der Waals surface area contributed by atoms with E-state index in [-0.39, 0.29) is 0 Å². The molecule has 1 heterocycles. The molecule has 22 heavy (non-hydrogen) atoms. The van der Waals surface area contributed by atoms with Gasteiger partial charge < -0.3 is 9.30 Å². The van der Waals surface area contributed by atoms with Gasteiger partial charge in [0.2, 0.25) is 0 Å². The number of rotatable bonds is 4. The first-order valence-electron chi connectivity index (χ1n) is 7.02. The number of hydrogen-bond acceptors (Lipinski definition) is 2. The Morgan fingerprint density at radius 1 is 1.09 bits per heavy atom. The van der Waals surface area contributed by atoms with Crippen LogP contribution in [0.15, 0.2) is 60.9 Å². The quantitative estimate of drug-likeness (QED) is 0.686. The Hall–Kier alpha value is -2.99. The van der Waals surface area contributed by atoms with Gasteiger partial charge in [-0.2, -0.15) is 0 Å². The van der Waals surface area contributed by atoms with Crippen LogP contribution in [0.3, 0.4) is 0 Å². The first kappa shape index (κ1) is 14.0. The molecule has 108 valence electrons. The third kappa shape index (κ3) is 2.72. The molecule has 0 fully saturated rings. The van der Waals surface area contributed by atoms with Crippen LogP contribution in [0.5, 0.6) is 5.75 Å². The third-order valence-corrected chi connectivity index (χ3v) is 3.53. The van der Waals surface area contributed by atoms with Crippen molar-refractivity contribution >= 4 is 0 Å². The van der Waals surface area contributed by atoms with Crippen LogP contribution in [0.4, 0.5) is 0 Å². The highest BCUT2D eigenvalue weighted by molar-refractivity contribution is 5.65. The molecule has 0 bridgehead atoms. The second kappa shape index (κ2) is 6.19. The SMILES string of the molecule is C#Cc1c(-c2ccccc2)ncn1Cc1ccc(OC)cc1. The highest BCUT2D eigenvalue weighted by Crippen LogP contribution is 2.22. The van der Waals surface area contributed by atoms with Gasteiger partial charge in [-0.1, -0.05) is 42.5 Å². The zero-order chi connectivity index (χ0) is 15.4. The molecule has 0 amide bonds. The van der Waals surface area contributed by atoms with Crippen molar-refractivity contribution in [3.63, 3.8) is 0 Å². The van der Waals surface area contributed by atoms with E-state index in [0.717, 1.165) is 28.3 Å². The molecule has 0 saturated carbocycles. The van der Waals surface area contributed by atoms with Crippen LogP contribution in [0, 0.1) is 12.3 Å². The molecule has 3 rings (SSSR count). The van der Waals surface area contributed by atoms with Crippen LogP contribution in [0.1, 0.15) is 11.3 Å². The Bertz CT molecular complexity index is 796. The van der Waals surface area contributed by atoms with E-state index >= 15 is 0 Å². The fourth-order valence-corrected chi connectivity index (χ4v) is 2.39. The van der Waals surface area contributed by atoms with Gasteiger partial charge in [-0.05, 0) is 23.6 Å². The van der Waals surface area contributed by atoms with Crippen molar-refractivity contribution in [3.8, 4) is 29.4 Å². The molecular formula is C19H16N2O. The van der Waals surface area contributed by atoms with E-state index in [9.17, 15) is 0 Å². The average molecular weight is 288 g/mol. The summed E-state index contributed by atoms with van der Waals surface area (Å²) in [6.45, 7) is 0.684. The van der Waals surface area contributed by atoms with Crippen molar-refractivity contribution in [2.75, 3.05) is 7.11 Å². The Morgan fingerprint density at radius 3 is 2.45 bits per heavy atom. The van der Waals surface area contributed by atoms with E-state index in [1.807, 2.05) is 59.2 Å². The van der Waals surface area contributed by atoms with Gasteiger partial charge in [-0.3, -0.25) is 0 Å². The lowest BCUT2D eigenvalue weighted by atomic mass is 10.1. The maximum absolute atomic E-state index is 5.70. The summed E-state index contributed by atoms with van der Waals surface area (Å²) in [5, 5.41) is 0. The first-order valence-corrected chi connectivity index (χ1v) is 7.02. The largest absolute Gasteiger partial charge is 0.497 e. The second-order valence-electron chi connectivity index (χ2n) is 4.93. The molecule has 0 aliphatic heterocycles. The maximum atomic E-state index is 5.70. The van der Waals surface area contributed by atoms with Gasteiger partial charge in [-0.25, -0.2) is 4.98 Å². The van der Waals surface area contributed by atoms with Crippen molar-refractivity contribution in [1.29, 1.82) is 0 Å². The molecule has 0 aliphatic carbocycles. The number of benzene rings is 2. The van der Waals surface area contributed by atoms with Crippen LogP contribution in [0.2, 0.25) is 0 Å². The lowest BCUT2D eigenvalue weighted by molar-refractivity contribution is 0.414. The number of imidazole rings is 1. The summed E-state index contributed by atoms with van der Waals surface area (Å²) in [6.07, 6.45) is 7.50. The highest BCUT2D eigenvalue weighted by atomic mass is 16.5. The Morgan fingerprint density at radius 2 is 1.82 bits per heavy atom. The molecule has 0 aliphatic rings. The fraction of sp³-hybridized carbons (Fsp3) is 0.105. The van der Waals surface area contributed by atoms with Crippen LogP contribution >= 0.6 is 0 Å². The molecule has 0 spiro atoms. The second-order valence-corrected chi connectivity index (χ2v) is 4.93. The highest BCUT2D eigenvalue weighted by Gasteiger charge is 2.11. The molecule has 3 aromatic rings. The van der Waals surface area contributed by atoms with Crippen LogP contribution in [0.25, 0.3) is 11.3 Å². The molecular weight excluding hydrogens is 272 g/mol. The summed E-state index contributed by atoms with van der Waals surface area (Å²) >= 11 is 0. The molecule has 2 aromatic carbocycles. The van der Waals surface area contributed by atoms with Gasteiger partial charge in [0.05, 0.1) is 13.4 Å². The number of terminal acetylenes is 1. The van der Waals surface area contributed by atoms with Crippen LogP contribution < -0.4 is 4.74 Å². The number of ether oxygens (including phenoxy) is 1. The van der Waals surface area contributed by atoms with Gasteiger partial charge in [0, 0.05) is 12.1 Å². The first-order chi connectivity index (χ1) is 10.8. The molecule has 0 N–H and O–H groups in total. The minimum Gasteiger partial charge on any atom is -0.497 e. The molecule has 0 unspecified atom stereocenters. The van der Waals surface area contributed by atoms with E-state index in [4.69, 9.17) is 11.2 Å². The number of methoxy groups -OCH3 is 1. The Labute approximate surface area is 130 Å². The van der Waals surface area contributed by atoms with Gasteiger partial charge in [0.15, 0.2) is 0 Å². The lowest BCUT2D eigenvalue weighted by Crippen LogP contribution is -2.01. The van der Waals surface area contributed by atoms with E-state index in [0.29, 0.717) is 6.54 Å². The predicted molar refractivity (Wildman–Crippen MR) is 87.7 cm³/mol. The van der Waals surface area contributed by atoms with Crippen molar-refractivity contribution in [2.45, 2.75) is 6.54 Å². The molecule has 1 aromatic heterocycles. The van der Waals surface area contributed by atoms with E-state index in [1.165, 1.54) is 0 Å². The molecule has 0 atom stereocenters. The Kier molecular flexibility index (Phi) is 3.93. The van der Waals surface area contributed by atoms with Gasteiger partial charge in [0.1, 0.15) is 17.1 Å². The monoisotopic (exact) mass is 288 g/mol. The predicted octanol–water partition coefficient (Wildman–Crippen LogP) is 3.59. The van der Waals surface area contributed by atoms with Crippen molar-refractivity contribution in [3.05, 3.63) is 72.2 Å². The molecule has 0 saturated heterocycles. The molecule has 3 heteroatoms. The number of hydrogen-bond donors (Lipinski definition) is 0. The topological polar surface area (TPSA) is 27.1 Å². The molecule has 3 nitrogen and oxygen atoms in total. The average Bonchev–Trinajstić information content (AvgIpc) is 2.99. The van der Waals surface area contributed by atoms with Crippen molar-refractivity contribution < 1.29 is 4.74 Å². The van der Waals surface area contributed by atoms with E-state index in [2.05, 4.69) is 10.9 Å². The standard InChI is InChI=1S/C19H16N2O/c1-3-18-19(16-7-5-4-6-8-16)20-14-21(18)13-15-9-11-17(22-2)12-10-15/h1,4-12,14H,13H2,2H3. The normalized spacial score (nSPS) is 10.2. The summed E-state index contributed by atoms with van der Waals surface area (Å²) in [5.74, 6) is 3.61. The van der Waals surface area contributed by atoms with E-state index < -0.39 is 0 Å². The van der Waals surface area contributed by atoms with Crippen LogP contribution in [-0.4, -0.2) is 16.7 Å². The minimum absolute atomic E-state index is 0.684. The van der Waals surface area contributed by atoms with E-state index in [1.54, 1.807) is 13.4 Å². The summed E-state index contributed by atoms with van der Waals surface area (Å²) in [6, 6.07) is 17.9. The van der Waals surface area contributed by atoms with Crippen molar-refractivity contribution in [1.82, 2.24) is 9.55 Å².